The van der Waals surface area contributed by atoms with Crippen molar-refractivity contribution in [3.8, 4) is 0 Å². The highest BCUT2D eigenvalue weighted by atomic mass is 31.2. The molecule has 0 aliphatic heterocycles. The molecule has 1 unspecified atom stereocenters. The Labute approximate surface area is 163 Å². The number of carbonyl (C=O) groups is 2. The Kier molecular flexibility index (Phi) is 16.0. The molecular weight excluding hydrogens is 371 g/mol. The molecule has 0 aromatic heterocycles. The van der Waals surface area contributed by atoms with Crippen molar-refractivity contribution in [2.75, 3.05) is 6.61 Å². The first kappa shape index (κ1) is 26.4. The van der Waals surface area contributed by atoms with Gasteiger partial charge in [0.2, 0.25) is 0 Å². The number of rotatable bonds is 19. The van der Waals surface area contributed by atoms with Crippen LogP contribution in [-0.2, 0) is 18.7 Å². The fourth-order valence-corrected chi connectivity index (χ4v) is 3.48. The van der Waals surface area contributed by atoms with Crippen molar-refractivity contribution in [2.24, 2.45) is 0 Å². The second-order valence-corrected chi connectivity index (χ2v) is 8.25. The third kappa shape index (κ3) is 16.1. The highest BCUT2D eigenvalue weighted by molar-refractivity contribution is 7.46. The molecule has 0 aromatic rings. The van der Waals surface area contributed by atoms with E-state index in [0.717, 1.165) is 19.3 Å². The lowest BCUT2D eigenvalue weighted by Gasteiger charge is -2.15. The van der Waals surface area contributed by atoms with E-state index < -0.39 is 32.1 Å². The van der Waals surface area contributed by atoms with E-state index >= 15 is 0 Å². The molecule has 160 valence electrons. The smallest absolute Gasteiger partial charge is 0.388 e. The van der Waals surface area contributed by atoms with Crippen molar-refractivity contribution in [3.63, 3.8) is 0 Å². The van der Waals surface area contributed by atoms with Gasteiger partial charge in [-0.05, 0) is 6.42 Å². The van der Waals surface area contributed by atoms with Crippen molar-refractivity contribution in [1.29, 1.82) is 0 Å². The minimum absolute atomic E-state index is 0.00810. The summed E-state index contributed by atoms with van der Waals surface area (Å²) in [4.78, 5) is 40.9. The van der Waals surface area contributed by atoms with Crippen LogP contribution in [-0.4, -0.2) is 39.2 Å². The van der Waals surface area contributed by atoms with Gasteiger partial charge in [0, 0.05) is 6.42 Å². The number of ketones is 2. The van der Waals surface area contributed by atoms with E-state index in [1.54, 1.807) is 0 Å². The normalized spacial score (nSPS) is 12.9. The Morgan fingerprint density at radius 3 is 1.56 bits per heavy atom. The predicted molar refractivity (Wildman–Crippen MR) is 104 cm³/mol. The molecule has 0 aliphatic carbocycles. The standard InChI is InChI=1S/C19H37O7P/c1-2-3-4-5-6-7-8-9-10-11-12-13-14-15-17(21)19(18(22)16-20)26-27(23,24)25/h19-20H,2-16H2,1H3,(H2,23,24,25). The summed E-state index contributed by atoms with van der Waals surface area (Å²) >= 11 is 0. The van der Waals surface area contributed by atoms with Crippen molar-refractivity contribution in [1.82, 2.24) is 0 Å². The summed E-state index contributed by atoms with van der Waals surface area (Å²) in [5.74, 6) is -1.72. The van der Waals surface area contributed by atoms with Gasteiger partial charge in [-0.15, -0.1) is 0 Å². The zero-order valence-corrected chi connectivity index (χ0v) is 17.5. The number of hydrogen-bond acceptors (Lipinski definition) is 5. The van der Waals surface area contributed by atoms with Gasteiger partial charge in [0.05, 0.1) is 0 Å². The van der Waals surface area contributed by atoms with Gasteiger partial charge >= 0.3 is 7.82 Å². The number of aliphatic hydroxyl groups excluding tert-OH is 1. The molecule has 0 saturated heterocycles. The van der Waals surface area contributed by atoms with Crippen molar-refractivity contribution >= 4 is 19.4 Å². The fourth-order valence-electron chi connectivity index (χ4n) is 2.97. The Hall–Kier alpha value is -0.590. The van der Waals surface area contributed by atoms with Crippen LogP contribution in [0, 0.1) is 0 Å². The topological polar surface area (TPSA) is 121 Å². The van der Waals surface area contributed by atoms with Gasteiger partial charge in [-0.2, -0.15) is 0 Å². The van der Waals surface area contributed by atoms with Crippen LogP contribution in [0.15, 0.2) is 0 Å². The molecule has 0 saturated carbocycles. The van der Waals surface area contributed by atoms with E-state index in [1.165, 1.54) is 57.8 Å². The Balaban J connectivity index is 3.71. The Bertz CT molecular complexity index is 447. The van der Waals surface area contributed by atoms with Gasteiger partial charge < -0.3 is 14.9 Å². The van der Waals surface area contributed by atoms with Crippen LogP contribution in [0.1, 0.15) is 96.8 Å². The maximum atomic E-state index is 11.9. The number of Topliss-reactive ketones (excluding diaryl/α,β-unsaturated/α-hetero) is 2. The molecule has 0 spiro atoms. The van der Waals surface area contributed by atoms with Crippen molar-refractivity contribution in [3.05, 3.63) is 0 Å². The van der Waals surface area contributed by atoms with E-state index in [2.05, 4.69) is 11.4 Å². The number of phosphoric acid groups is 1. The maximum Gasteiger partial charge on any atom is 0.470 e. The molecule has 0 bridgehead atoms. The third-order valence-electron chi connectivity index (χ3n) is 4.51. The van der Waals surface area contributed by atoms with E-state index in [9.17, 15) is 14.2 Å². The van der Waals surface area contributed by atoms with Crippen LogP contribution in [0.25, 0.3) is 0 Å². The van der Waals surface area contributed by atoms with Gasteiger partial charge in [0.25, 0.3) is 0 Å². The third-order valence-corrected chi connectivity index (χ3v) is 5.00. The Morgan fingerprint density at radius 2 is 1.19 bits per heavy atom. The highest BCUT2D eigenvalue weighted by Gasteiger charge is 2.32. The van der Waals surface area contributed by atoms with Gasteiger partial charge in [-0.25, -0.2) is 4.57 Å². The molecule has 0 fully saturated rings. The molecule has 0 aromatic carbocycles. The molecule has 1 atom stereocenters. The number of aliphatic hydroxyl groups is 1. The van der Waals surface area contributed by atoms with Crippen LogP contribution in [0.3, 0.4) is 0 Å². The van der Waals surface area contributed by atoms with Crippen molar-refractivity contribution in [2.45, 2.75) is 103 Å². The molecule has 7 nitrogen and oxygen atoms in total. The summed E-state index contributed by atoms with van der Waals surface area (Å²) in [6, 6.07) is 0. The summed E-state index contributed by atoms with van der Waals surface area (Å²) in [7, 11) is -4.97. The molecule has 8 heteroatoms. The van der Waals surface area contributed by atoms with E-state index in [0.29, 0.717) is 6.42 Å². The summed E-state index contributed by atoms with van der Waals surface area (Å²) in [5, 5.41) is 8.80. The quantitative estimate of drug-likeness (QED) is 0.167. The molecular formula is C19H37O7P. The summed E-state index contributed by atoms with van der Waals surface area (Å²) < 4.78 is 15.1. The molecule has 0 rings (SSSR count). The second-order valence-electron chi connectivity index (χ2n) is 7.06. The summed E-state index contributed by atoms with van der Waals surface area (Å²) in [6.07, 6.45) is 13.2. The van der Waals surface area contributed by atoms with Gasteiger partial charge in [-0.3, -0.25) is 14.1 Å². The first-order chi connectivity index (χ1) is 12.8. The zero-order chi connectivity index (χ0) is 20.5. The number of carbonyl (C=O) groups excluding carboxylic acids is 2. The van der Waals surface area contributed by atoms with Gasteiger partial charge in [0.15, 0.2) is 17.7 Å². The van der Waals surface area contributed by atoms with E-state index in [1.807, 2.05) is 0 Å². The number of unbranched alkanes of at least 4 members (excludes halogenated alkanes) is 12. The highest BCUT2D eigenvalue weighted by Crippen LogP contribution is 2.38. The minimum atomic E-state index is -4.97. The predicted octanol–water partition coefficient (Wildman–Crippen LogP) is 4.08. The lowest BCUT2D eigenvalue weighted by atomic mass is 10.0. The lowest BCUT2D eigenvalue weighted by molar-refractivity contribution is -0.139. The lowest BCUT2D eigenvalue weighted by Crippen LogP contribution is -2.34. The second kappa shape index (κ2) is 16.4. The molecule has 0 radical (unpaired) electrons. The molecule has 0 heterocycles. The minimum Gasteiger partial charge on any atom is -0.388 e. The maximum absolute atomic E-state index is 11.9. The summed E-state index contributed by atoms with van der Waals surface area (Å²) in [6.45, 7) is 1.23. The average molecular weight is 408 g/mol. The largest absolute Gasteiger partial charge is 0.470 e. The molecule has 27 heavy (non-hydrogen) atoms. The zero-order valence-electron chi connectivity index (χ0n) is 16.6. The van der Waals surface area contributed by atoms with Crippen LogP contribution >= 0.6 is 7.82 Å². The van der Waals surface area contributed by atoms with Crippen LogP contribution < -0.4 is 0 Å². The van der Waals surface area contributed by atoms with Crippen LogP contribution in [0.5, 0.6) is 0 Å². The number of phosphoric ester groups is 1. The van der Waals surface area contributed by atoms with E-state index in [-0.39, 0.29) is 6.42 Å². The van der Waals surface area contributed by atoms with E-state index in [4.69, 9.17) is 14.9 Å². The number of hydrogen-bond donors (Lipinski definition) is 3. The monoisotopic (exact) mass is 408 g/mol. The first-order valence-corrected chi connectivity index (χ1v) is 11.7. The molecule has 0 amide bonds. The van der Waals surface area contributed by atoms with Gasteiger partial charge in [-0.1, -0.05) is 84.0 Å². The van der Waals surface area contributed by atoms with Crippen molar-refractivity contribution < 1.29 is 33.6 Å². The van der Waals surface area contributed by atoms with Crippen LogP contribution in [0.4, 0.5) is 0 Å². The summed E-state index contributed by atoms with van der Waals surface area (Å²) in [5.41, 5.74) is 0. The van der Waals surface area contributed by atoms with Crippen LogP contribution in [0.2, 0.25) is 0 Å². The first-order valence-electron chi connectivity index (χ1n) is 10.2. The molecule has 3 N–H and O–H groups in total. The average Bonchev–Trinajstić information content (AvgIpc) is 2.62. The molecule has 0 aliphatic rings. The SMILES string of the molecule is CCCCCCCCCCCCCCCC(=O)C(OP(=O)(O)O)C(=O)CO. The van der Waals surface area contributed by atoms with Gasteiger partial charge in [0.1, 0.15) is 6.61 Å². The fraction of sp³-hybridized carbons (Fsp3) is 0.895. The Morgan fingerprint density at radius 1 is 0.778 bits per heavy atom.